The van der Waals surface area contributed by atoms with Crippen molar-refractivity contribution in [1.82, 2.24) is 10.6 Å². The minimum Gasteiger partial charge on any atom is -0.354 e. The van der Waals surface area contributed by atoms with Crippen molar-refractivity contribution in [3.8, 4) is 0 Å². The van der Waals surface area contributed by atoms with Gasteiger partial charge in [0.1, 0.15) is 5.78 Å². The lowest BCUT2D eigenvalue weighted by atomic mass is 10.2. The molecule has 1 aromatic rings. The number of benzene rings is 1. The first-order valence-electron chi connectivity index (χ1n) is 6.19. The summed E-state index contributed by atoms with van der Waals surface area (Å²) >= 11 is 0. The average Bonchev–Trinajstić information content (AvgIpc) is 2.42. The Morgan fingerprint density at radius 1 is 0.947 bits per heavy atom. The second-order valence-electron chi connectivity index (χ2n) is 4.17. The smallest absolute Gasteiger partial charge is 0.251 e. The number of carbonyl (C=O) groups excluding carboxylic acids is 3. The molecule has 0 aliphatic heterocycles. The van der Waals surface area contributed by atoms with Gasteiger partial charge in [-0.25, -0.2) is 0 Å². The lowest BCUT2D eigenvalue weighted by Gasteiger charge is -2.06. The summed E-state index contributed by atoms with van der Waals surface area (Å²) in [6, 6.07) is 8.87. The van der Waals surface area contributed by atoms with E-state index >= 15 is 0 Å². The van der Waals surface area contributed by atoms with Gasteiger partial charge in [-0.05, 0) is 19.1 Å². The van der Waals surface area contributed by atoms with Crippen LogP contribution in [-0.4, -0.2) is 30.7 Å². The molecule has 2 amide bonds. The number of carbonyl (C=O) groups is 3. The molecule has 5 heteroatoms. The van der Waals surface area contributed by atoms with Crippen LogP contribution in [0.15, 0.2) is 30.3 Å². The van der Waals surface area contributed by atoms with Gasteiger partial charge in [-0.1, -0.05) is 18.2 Å². The van der Waals surface area contributed by atoms with Crippen LogP contribution in [-0.2, 0) is 9.59 Å². The summed E-state index contributed by atoms with van der Waals surface area (Å²) in [5.41, 5.74) is 0.588. The van der Waals surface area contributed by atoms with Crippen molar-refractivity contribution in [2.45, 2.75) is 19.8 Å². The molecule has 0 heterocycles. The third kappa shape index (κ3) is 6.35. The number of amides is 2. The van der Waals surface area contributed by atoms with Crippen LogP contribution in [0.3, 0.4) is 0 Å². The van der Waals surface area contributed by atoms with Gasteiger partial charge >= 0.3 is 0 Å². The van der Waals surface area contributed by atoms with Crippen molar-refractivity contribution < 1.29 is 14.4 Å². The van der Waals surface area contributed by atoms with E-state index in [1.807, 2.05) is 6.07 Å². The highest BCUT2D eigenvalue weighted by Crippen LogP contribution is 1.97. The Bertz CT molecular complexity index is 443. The Morgan fingerprint density at radius 3 is 2.21 bits per heavy atom. The molecule has 19 heavy (non-hydrogen) atoms. The van der Waals surface area contributed by atoms with Crippen LogP contribution < -0.4 is 10.6 Å². The molecule has 2 N–H and O–H groups in total. The minimum atomic E-state index is -0.177. The molecule has 0 atom stereocenters. The third-order valence-electron chi connectivity index (χ3n) is 2.47. The predicted octanol–water partition coefficient (Wildman–Crippen LogP) is 0.902. The zero-order valence-corrected chi connectivity index (χ0v) is 10.9. The molecule has 0 saturated carbocycles. The zero-order valence-electron chi connectivity index (χ0n) is 10.9. The normalized spacial score (nSPS) is 9.74. The highest BCUT2D eigenvalue weighted by atomic mass is 16.2. The van der Waals surface area contributed by atoms with Crippen molar-refractivity contribution in [2.75, 3.05) is 13.1 Å². The minimum absolute atomic E-state index is 0.00692. The highest BCUT2D eigenvalue weighted by Gasteiger charge is 2.05. The number of hydrogen-bond donors (Lipinski definition) is 2. The van der Waals surface area contributed by atoms with Gasteiger partial charge in [0.15, 0.2) is 0 Å². The summed E-state index contributed by atoms with van der Waals surface area (Å²) in [5.74, 6) is -0.352. The molecule has 1 rings (SSSR count). The van der Waals surface area contributed by atoms with Gasteiger partial charge in [-0.2, -0.15) is 0 Å². The zero-order chi connectivity index (χ0) is 14.1. The number of nitrogens with one attached hydrogen (secondary N) is 2. The first-order chi connectivity index (χ1) is 9.09. The molecule has 0 bridgehead atoms. The fraction of sp³-hybridized carbons (Fsp3) is 0.357. The maximum Gasteiger partial charge on any atom is 0.251 e. The van der Waals surface area contributed by atoms with E-state index in [-0.39, 0.29) is 30.4 Å². The summed E-state index contributed by atoms with van der Waals surface area (Å²) in [7, 11) is 0. The standard InChI is InChI=1S/C14H18N2O3/c1-11(17)7-8-13(18)15-9-10-16-14(19)12-5-3-2-4-6-12/h2-6H,7-10H2,1H3,(H,15,18)(H,16,19). The van der Waals surface area contributed by atoms with E-state index in [4.69, 9.17) is 0 Å². The number of ketones is 1. The summed E-state index contributed by atoms with van der Waals surface area (Å²) < 4.78 is 0. The maximum atomic E-state index is 11.6. The van der Waals surface area contributed by atoms with E-state index in [0.29, 0.717) is 18.7 Å². The quantitative estimate of drug-likeness (QED) is 0.717. The van der Waals surface area contributed by atoms with E-state index < -0.39 is 0 Å². The van der Waals surface area contributed by atoms with Gasteiger partial charge in [-0.15, -0.1) is 0 Å². The number of rotatable bonds is 7. The molecule has 0 spiro atoms. The van der Waals surface area contributed by atoms with Crippen LogP contribution >= 0.6 is 0 Å². The molecule has 0 saturated heterocycles. The molecule has 0 unspecified atom stereocenters. The lowest BCUT2D eigenvalue weighted by molar-refractivity contribution is -0.124. The second kappa shape index (κ2) is 8.02. The fourth-order valence-electron chi connectivity index (χ4n) is 1.45. The van der Waals surface area contributed by atoms with Crippen LogP contribution in [0.2, 0.25) is 0 Å². The third-order valence-corrected chi connectivity index (χ3v) is 2.47. The van der Waals surface area contributed by atoms with Crippen LogP contribution in [0.25, 0.3) is 0 Å². The van der Waals surface area contributed by atoms with Crippen molar-refractivity contribution in [3.05, 3.63) is 35.9 Å². The van der Waals surface area contributed by atoms with E-state index in [2.05, 4.69) is 10.6 Å². The number of Topliss-reactive ketones (excluding diaryl/α,β-unsaturated/α-hetero) is 1. The first kappa shape index (κ1) is 14.9. The number of hydrogen-bond acceptors (Lipinski definition) is 3. The van der Waals surface area contributed by atoms with Gasteiger partial charge in [0, 0.05) is 31.5 Å². The SMILES string of the molecule is CC(=O)CCC(=O)NCCNC(=O)c1ccccc1. The van der Waals surface area contributed by atoms with E-state index in [9.17, 15) is 14.4 Å². The van der Waals surface area contributed by atoms with Crippen LogP contribution in [0.4, 0.5) is 0 Å². The molecule has 0 aliphatic rings. The largest absolute Gasteiger partial charge is 0.354 e. The molecule has 0 aliphatic carbocycles. The second-order valence-corrected chi connectivity index (χ2v) is 4.17. The lowest BCUT2D eigenvalue weighted by Crippen LogP contribution is -2.34. The molecule has 102 valence electrons. The summed E-state index contributed by atoms with van der Waals surface area (Å²) in [4.78, 5) is 33.6. The van der Waals surface area contributed by atoms with Gasteiger partial charge in [0.25, 0.3) is 5.91 Å². The van der Waals surface area contributed by atoms with E-state index in [1.54, 1.807) is 24.3 Å². The van der Waals surface area contributed by atoms with Crippen LogP contribution in [0, 0.1) is 0 Å². The summed E-state index contributed by atoms with van der Waals surface area (Å²) in [6.07, 6.45) is 0.449. The molecular formula is C14H18N2O3. The first-order valence-corrected chi connectivity index (χ1v) is 6.19. The monoisotopic (exact) mass is 262 g/mol. The van der Waals surface area contributed by atoms with E-state index in [0.717, 1.165) is 0 Å². The van der Waals surface area contributed by atoms with Gasteiger partial charge in [0.2, 0.25) is 5.91 Å². The molecule has 5 nitrogen and oxygen atoms in total. The Labute approximate surface area is 112 Å². The van der Waals surface area contributed by atoms with Crippen LogP contribution in [0.5, 0.6) is 0 Å². The maximum absolute atomic E-state index is 11.6. The van der Waals surface area contributed by atoms with Crippen LogP contribution in [0.1, 0.15) is 30.1 Å². The van der Waals surface area contributed by atoms with Gasteiger partial charge in [-0.3, -0.25) is 9.59 Å². The van der Waals surface area contributed by atoms with Gasteiger partial charge in [0.05, 0.1) is 0 Å². The van der Waals surface area contributed by atoms with Crippen molar-refractivity contribution in [1.29, 1.82) is 0 Å². The van der Waals surface area contributed by atoms with Crippen molar-refractivity contribution in [3.63, 3.8) is 0 Å². The predicted molar refractivity (Wildman–Crippen MR) is 71.7 cm³/mol. The molecule has 0 fully saturated rings. The Kier molecular flexibility index (Phi) is 6.29. The molecule has 0 radical (unpaired) electrons. The molecular weight excluding hydrogens is 244 g/mol. The van der Waals surface area contributed by atoms with Crippen molar-refractivity contribution >= 4 is 17.6 Å². The Morgan fingerprint density at radius 2 is 1.58 bits per heavy atom. The Balaban J connectivity index is 2.16. The summed E-state index contributed by atoms with van der Waals surface area (Å²) in [6.45, 7) is 2.17. The molecule has 1 aromatic carbocycles. The van der Waals surface area contributed by atoms with E-state index in [1.165, 1.54) is 6.92 Å². The molecule has 0 aromatic heterocycles. The fourth-order valence-corrected chi connectivity index (χ4v) is 1.45. The Hall–Kier alpha value is -2.17. The average molecular weight is 262 g/mol. The topological polar surface area (TPSA) is 75.3 Å². The van der Waals surface area contributed by atoms with Gasteiger partial charge < -0.3 is 15.4 Å². The van der Waals surface area contributed by atoms with Crippen molar-refractivity contribution in [2.24, 2.45) is 0 Å². The highest BCUT2D eigenvalue weighted by molar-refractivity contribution is 5.94. The summed E-state index contributed by atoms with van der Waals surface area (Å²) in [5, 5.41) is 5.34.